The minimum absolute atomic E-state index is 0. The van der Waals surface area contributed by atoms with Crippen LogP contribution >= 0.6 is 0 Å². The van der Waals surface area contributed by atoms with Crippen molar-refractivity contribution in [3.8, 4) is 11.5 Å². The van der Waals surface area contributed by atoms with Crippen LogP contribution in [-0.2, 0) is 19.7 Å². The molecule has 0 fully saturated rings. The third kappa shape index (κ3) is 10.6. The number of quaternary nitrogens is 2. The zero-order valence-corrected chi connectivity index (χ0v) is 15.6. The van der Waals surface area contributed by atoms with Crippen molar-refractivity contribution in [2.24, 2.45) is 0 Å². The Hall–Kier alpha value is -2.99. The molecule has 0 aliphatic heterocycles. The molecule has 0 aromatic heterocycles. The van der Waals surface area contributed by atoms with E-state index < -0.39 is 33.7 Å². The molecule has 1 atom stereocenters. The zero-order valence-electron chi connectivity index (χ0n) is 14.8. The van der Waals surface area contributed by atoms with E-state index in [1.54, 1.807) is 0 Å². The molecule has 0 amide bonds. The fourth-order valence-corrected chi connectivity index (χ4v) is 2.16. The van der Waals surface area contributed by atoms with Gasteiger partial charge in [-0.1, -0.05) is 36.4 Å². The van der Waals surface area contributed by atoms with Crippen LogP contribution in [0.3, 0.4) is 0 Å². The lowest BCUT2D eigenvalue weighted by Gasteiger charge is -2.14. The first-order valence-corrected chi connectivity index (χ1v) is 8.35. The predicted octanol–water partition coefficient (Wildman–Crippen LogP) is 0.364. The molecule has 0 radical (unpaired) electrons. The highest BCUT2D eigenvalue weighted by atomic mass is 32.2. The normalized spacial score (nSPS) is 10.7. The van der Waals surface area contributed by atoms with E-state index in [2.05, 4.69) is 0 Å². The van der Waals surface area contributed by atoms with E-state index in [1.165, 1.54) is 0 Å². The second-order valence-corrected chi connectivity index (χ2v) is 6.23. The van der Waals surface area contributed by atoms with Gasteiger partial charge in [-0.3, -0.25) is 4.55 Å². The van der Waals surface area contributed by atoms with Crippen LogP contribution in [0.25, 0.3) is 0 Å². The van der Waals surface area contributed by atoms with Crippen molar-refractivity contribution in [3.63, 3.8) is 0 Å². The number of rotatable bonds is 6. The summed E-state index contributed by atoms with van der Waals surface area (Å²) in [7, 11) is -4.94. The topological polar surface area (TPSA) is 217 Å². The summed E-state index contributed by atoms with van der Waals surface area (Å²) in [5.74, 6) is -2.34. The van der Waals surface area contributed by atoms with Crippen LogP contribution in [0, 0.1) is 0 Å². The minimum atomic E-state index is -4.94. The van der Waals surface area contributed by atoms with Crippen LogP contribution in [0.15, 0.2) is 60.7 Å². The van der Waals surface area contributed by atoms with Crippen molar-refractivity contribution in [1.82, 2.24) is 12.3 Å². The highest BCUT2D eigenvalue weighted by Gasteiger charge is 2.24. The standard InChI is InChI=1S/C12H10O.C4H6O7S.2H3N/c1-3-7-11(8-4-1)13-12-9-5-2-6-10-12;5-3(6)1-2(4(7)8)12(9,10)11;;/h1-10H;2H,1H2,(H,5,6)(H,7,8)(H,9,10,11);2*1H3. The number of benzene rings is 2. The van der Waals surface area contributed by atoms with E-state index >= 15 is 0 Å². The number of hydrogen-bond acceptors (Lipinski definition) is 7. The smallest absolute Gasteiger partial charge is 0.273 e. The summed E-state index contributed by atoms with van der Waals surface area (Å²) >= 11 is 0. The molecule has 0 aliphatic rings. The molecule has 0 aliphatic carbocycles. The average Bonchev–Trinajstić information content (AvgIpc) is 2.54. The fourth-order valence-electron chi connectivity index (χ4n) is 1.57. The van der Waals surface area contributed by atoms with Crippen LogP contribution < -0.4 is 27.3 Å². The second kappa shape index (κ2) is 12.4. The van der Waals surface area contributed by atoms with Gasteiger partial charge in [0, 0.05) is 12.4 Å². The van der Waals surface area contributed by atoms with Crippen LogP contribution in [0.2, 0.25) is 0 Å². The van der Waals surface area contributed by atoms with Gasteiger partial charge in [0.15, 0.2) is 0 Å². The molecule has 0 bridgehead atoms. The maximum absolute atomic E-state index is 10.2. The van der Waals surface area contributed by atoms with Gasteiger partial charge in [-0.25, -0.2) is 0 Å². The molecule has 0 heterocycles. The van der Waals surface area contributed by atoms with E-state index in [4.69, 9.17) is 9.29 Å². The minimum Gasteiger partial charge on any atom is -0.550 e. The molecule has 2 aromatic carbocycles. The maximum Gasteiger partial charge on any atom is 0.273 e. The van der Waals surface area contributed by atoms with Gasteiger partial charge in [-0.2, -0.15) is 8.42 Å². The first-order chi connectivity index (χ1) is 11.7. The zero-order chi connectivity index (χ0) is 18.9. The highest BCUT2D eigenvalue weighted by Crippen LogP contribution is 2.19. The van der Waals surface area contributed by atoms with Crippen LogP contribution in [0.4, 0.5) is 0 Å². The Morgan fingerprint density at radius 1 is 0.889 bits per heavy atom. The molecule has 27 heavy (non-hydrogen) atoms. The molecular weight excluding hydrogens is 380 g/mol. The van der Waals surface area contributed by atoms with Crippen molar-refractivity contribution in [2.45, 2.75) is 11.7 Å². The molecule has 0 saturated carbocycles. The number of carboxylic acid groups (broad SMARTS) is 2. The molecule has 2 rings (SSSR count). The summed E-state index contributed by atoms with van der Waals surface area (Å²) in [4.78, 5) is 19.7. The lowest BCUT2D eigenvalue weighted by atomic mass is 10.3. The molecule has 1 unspecified atom stereocenters. The Morgan fingerprint density at radius 3 is 1.48 bits per heavy atom. The number of para-hydroxylation sites is 2. The van der Waals surface area contributed by atoms with Gasteiger partial charge in [0.05, 0.1) is 5.97 Å². The van der Waals surface area contributed by atoms with Crippen LogP contribution in [0.1, 0.15) is 6.42 Å². The van der Waals surface area contributed by atoms with Crippen LogP contribution in [-0.4, -0.2) is 30.2 Å². The third-order valence-corrected chi connectivity index (χ3v) is 3.77. The van der Waals surface area contributed by atoms with Crippen molar-refractivity contribution >= 4 is 22.1 Å². The molecular formula is C16H22N2O8S. The summed E-state index contributed by atoms with van der Waals surface area (Å²) in [5, 5.41) is 17.3. The fraction of sp³-hybridized carbons (Fsp3) is 0.125. The summed E-state index contributed by atoms with van der Waals surface area (Å²) in [5.41, 5.74) is 0. The molecule has 150 valence electrons. The number of ether oxygens (including phenoxy) is 1. The Morgan fingerprint density at radius 2 is 1.26 bits per heavy atom. The number of carbonyl (C=O) groups is 2. The summed E-state index contributed by atoms with van der Waals surface area (Å²) in [6.07, 6.45) is -1.33. The molecule has 2 aromatic rings. The Balaban J connectivity index is 0. The molecule has 9 N–H and O–H groups in total. The number of hydrogen-bond donors (Lipinski definition) is 3. The van der Waals surface area contributed by atoms with Gasteiger partial charge < -0.3 is 36.8 Å². The Labute approximate surface area is 156 Å². The number of carbonyl (C=O) groups excluding carboxylic acids is 2. The van der Waals surface area contributed by atoms with Gasteiger partial charge in [0.1, 0.15) is 16.7 Å². The molecule has 0 saturated heterocycles. The summed E-state index contributed by atoms with van der Waals surface area (Å²) in [6.45, 7) is 0. The van der Waals surface area contributed by atoms with Crippen molar-refractivity contribution in [1.29, 1.82) is 0 Å². The SMILES string of the molecule is O=C([O-])CC(C(=O)[O-])S(=O)(=O)O.[NH4+].[NH4+].c1ccc(Oc2ccccc2)cc1. The predicted molar refractivity (Wildman–Crippen MR) is 94.9 cm³/mol. The molecule has 10 nitrogen and oxygen atoms in total. The quantitative estimate of drug-likeness (QED) is 0.571. The van der Waals surface area contributed by atoms with E-state index in [9.17, 15) is 28.2 Å². The maximum atomic E-state index is 10.2. The van der Waals surface area contributed by atoms with Crippen molar-refractivity contribution < 1.29 is 37.5 Å². The first-order valence-electron chi connectivity index (χ1n) is 6.85. The summed E-state index contributed by atoms with van der Waals surface area (Å²) < 4.78 is 34.0. The Kier molecular flexibility index (Phi) is 12.0. The summed E-state index contributed by atoms with van der Waals surface area (Å²) in [6, 6.07) is 19.5. The second-order valence-electron chi connectivity index (χ2n) is 4.63. The van der Waals surface area contributed by atoms with Crippen LogP contribution in [0.5, 0.6) is 11.5 Å². The van der Waals surface area contributed by atoms with Gasteiger partial charge in [-0.15, -0.1) is 0 Å². The van der Waals surface area contributed by atoms with E-state index in [1.807, 2.05) is 60.7 Å². The van der Waals surface area contributed by atoms with E-state index in [-0.39, 0.29) is 12.3 Å². The van der Waals surface area contributed by atoms with E-state index in [0.717, 1.165) is 11.5 Å². The first kappa shape index (κ1) is 26.2. The lowest BCUT2D eigenvalue weighted by Crippen LogP contribution is -2.44. The van der Waals surface area contributed by atoms with Gasteiger partial charge in [-0.05, 0) is 24.3 Å². The average molecular weight is 402 g/mol. The van der Waals surface area contributed by atoms with Gasteiger partial charge in [0.2, 0.25) is 0 Å². The molecule has 0 spiro atoms. The van der Waals surface area contributed by atoms with Gasteiger partial charge >= 0.3 is 0 Å². The van der Waals surface area contributed by atoms with E-state index in [0.29, 0.717) is 0 Å². The van der Waals surface area contributed by atoms with Gasteiger partial charge in [0.25, 0.3) is 10.1 Å². The third-order valence-electron chi connectivity index (χ3n) is 2.70. The number of carboxylic acids is 2. The van der Waals surface area contributed by atoms with Crippen molar-refractivity contribution in [3.05, 3.63) is 60.7 Å². The molecule has 11 heteroatoms. The van der Waals surface area contributed by atoms with Crippen molar-refractivity contribution in [2.75, 3.05) is 0 Å². The Bertz CT molecular complexity index is 760. The monoisotopic (exact) mass is 402 g/mol. The largest absolute Gasteiger partial charge is 0.550 e. The lowest BCUT2D eigenvalue weighted by molar-refractivity contribution is -0.314. The number of aliphatic carboxylic acids is 2. The highest BCUT2D eigenvalue weighted by molar-refractivity contribution is 7.87.